The lowest BCUT2D eigenvalue weighted by molar-refractivity contribution is -0.151. The number of carbonyl (C=O) groups is 2. The third-order valence-corrected chi connectivity index (χ3v) is 2.84. The highest BCUT2D eigenvalue weighted by molar-refractivity contribution is 5.97. The summed E-state index contributed by atoms with van der Waals surface area (Å²) in [5, 5.41) is 11.6. The van der Waals surface area contributed by atoms with Gasteiger partial charge in [0.1, 0.15) is 5.54 Å². The molecule has 0 atom stereocenters. The van der Waals surface area contributed by atoms with Crippen molar-refractivity contribution < 1.29 is 14.7 Å². The molecule has 0 unspecified atom stereocenters. The molecule has 84 valence electrons. The summed E-state index contributed by atoms with van der Waals surface area (Å²) in [6, 6.07) is 0. The number of hydrogen-bond donors (Lipinski definition) is 2. The van der Waals surface area contributed by atoms with Crippen LogP contribution in [0, 0.1) is 0 Å². The van der Waals surface area contributed by atoms with Crippen LogP contribution in [0.4, 0.5) is 0 Å². The monoisotopic (exact) mass is 211 g/mol. The normalized spacial score (nSPS) is 19.2. The van der Waals surface area contributed by atoms with Gasteiger partial charge in [-0.2, -0.15) is 0 Å². The molecule has 1 fully saturated rings. The van der Waals surface area contributed by atoms with E-state index in [0.717, 1.165) is 12.8 Å². The Labute approximate surface area is 89.4 Å². The summed E-state index contributed by atoms with van der Waals surface area (Å²) in [7, 11) is 0. The van der Waals surface area contributed by atoms with Gasteiger partial charge in [-0.05, 0) is 32.6 Å². The first kappa shape index (κ1) is 11.8. The highest BCUT2D eigenvalue weighted by Gasteiger charge is 2.45. The molecule has 0 aromatic rings. The third kappa shape index (κ3) is 2.37. The van der Waals surface area contributed by atoms with E-state index in [1.807, 2.05) is 6.92 Å². The van der Waals surface area contributed by atoms with E-state index in [4.69, 9.17) is 5.11 Å². The van der Waals surface area contributed by atoms with Crippen molar-refractivity contribution in [1.29, 1.82) is 0 Å². The Bertz CT molecular complexity index is 303. The second-order valence-electron chi connectivity index (χ2n) is 3.99. The third-order valence-electron chi connectivity index (χ3n) is 2.84. The van der Waals surface area contributed by atoms with Gasteiger partial charge in [0.15, 0.2) is 0 Å². The van der Waals surface area contributed by atoms with Crippen LogP contribution < -0.4 is 5.32 Å². The Kier molecular flexibility index (Phi) is 3.50. The summed E-state index contributed by atoms with van der Waals surface area (Å²) in [5.41, 5.74) is -0.412. The number of carboxylic acids is 1. The van der Waals surface area contributed by atoms with Gasteiger partial charge in [0.2, 0.25) is 5.91 Å². The Morgan fingerprint density at radius 1 is 1.47 bits per heavy atom. The van der Waals surface area contributed by atoms with Gasteiger partial charge < -0.3 is 10.4 Å². The Balaban J connectivity index is 2.64. The molecule has 15 heavy (non-hydrogen) atoms. The first-order valence-electron chi connectivity index (χ1n) is 5.24. The fourth-order valence-corrected chi connectivity index (χ4v) is 1.64. The van der Waals surface area contributed by atoms with Gasteiger partial charge in [-0.25, -0.2) is 4.79 Å². The maximum atomic E-state index is 11.6. The van der Waals surface area contributed by atoms with Crippen LogP contribution in [0.5, 0.6) is 0 Å². The van der Waals surface area contributed by atoms with E-state index in [1.165, 1.54) is 0 Å². The molecule has 2 N–H and O–H groups in total. The van der Waals surface area contributed by atoms with Crippen molar-refractivity contribution in [3.05, 3.63) is 11.6 Å². The summed E-state index contributed by atoms with van der Waals surface area (Å²) >= 11 is 0. The number of hydrogen-bond acceptors (Lipinski definition) is 2. The summed E-state index contributed by atoms with van der Waals surface area (Å²) < 4.78 is 0. The minimum Gasteiger partial charge on any atom is -0.480 e. The Hall–Kier alpha value is -1.32. The zero-order valence-corrected chi connectivity index (χ0v) is 9.17. The van der Waals surface area contributed by atoms with E-state index in [-0.39, 0.29) is 5.91 Å². The van der Waals surface area contributed by atoms with E-state index < -0.39 is 11.5 Å². The molecule has 0 saturated heterocycles. The lowest BCUT2D eigenvalue weighted by Gasteiger charge is -2.38. The van der Waals surface area contributed by atoms with Crippen LogP contribution in [0.2, 0.25) is 0 Å². The number of rotatable bonds is 4. The van der Waals surface area contributed by atoms with Crippen LogP contribution in [-0.4, -0.2) is 22.5 Å². The van der Waals surface area contributed by atoms with Crippen LogP contribution in [0.3, 0.4) is 0 Å². The standard InChI is InChI=1S/C11H17NO3/c1-3-5-8(2)9(13)12-11(10(14)15)6-4-7-11/h5H,3-4,6-7H2,1-2H3,(H,12,13)(H,14,15)/b8-5-. The highest BCUT2D eigenvalue weighted by Crippen LogP contribution is 2.32. The van der Waals surface area contributed by atoms with Crippen molar-refractivity contribution in [2.24, 2.45) is 0 Å². The maximum absolute atomic E-state index is 11.6. The van der Waals surface area contributed by atoms with Gasteiger partial charge in [0.25, 0.3) is 0 Å². The van der Waals surface area contributed by atoms with Crippen LogP contribution >= 0.6 is 0 Å². The molecule has 0 spiro atoms. The fourth-order valence-electron chi connectivity index (χ4n) is 1.64. The van der Waals surface area contributed by atoms with Crippen molar-refractivity contribution in [1.82, 2.24) is 5.32 Å². The SMILES string of the molecule is CC/C=C(/C)C(=O)NC1(C(=O)O)CCC1. The van der Waals surface area contributed by atoms with Gasteiger partial charge in [-0.3, -0.25) is 4.79 Å². The van der Waals surface area contributed by atoms with Crippen molar-refractivity contribution in [3.8, 4) is 0 Å². The van der Waals surface area contributed by atoms with E-state index >= 15 is 0 Å². The fraction of sp³-hybridized carbons (Fsp3) is 0.636. The average Bonchev–Trinajstić information content (AvgIpc) is 2.10. The van der Waals surface area contributed by atoms with Crippen molar-refractivity contribution in [2.75, 3.05) is 0 Å². The zero-order chi connectivity index (χ0) is 11.5. The summed E-state index contributed by atoms with van der Waals surface area (Å²) in [6.45, 7) is 3.64. The summed E-state index contributed by atoms with van der Waals surface area (Å²) in [5.74, 6) is -1.19. The molecule has 0 aromatic carbocycles. The smallest absolute Gasteiger partial charge is 0.329 e. The molecular formula is C11H17NO3. The molecule has 1 aliphatic carbocycles. The molecular weight excluding hydrogens is 194 g/mol. The Morgan fingerprint density at radius 3 is 2.40 bits per heavy atom. The van der Waals surface area contributed by atoms with Crippen LogP contribution in [0.25, 0.3) is 0 Å². The minimum atomic E-state index is -1.00. The van der Waals surface area contributed by atoms with Crippen molar-refractivity contribution in [2.45, 2.75) is 45.1 Å². The number of carbonyl (C=O) groups excluding carboxylic acids is 1. The summed E-state index contributed by atoms with van der Waals surface area (Å²) in [6.07, 6.45) is 4.51. The van der Waals surface area contributed by atoms with Gasteiger partial charge in [0, 0.05) is 5.57 Å². The lowest BCUT2D eigenvalue weighted by Crippen LogP contribution is -2.59. The van der Waals surface area contributed by atoms with Crippen molar-refractivity contribution >= 4 is 11.9 Å². The van der Waals surface area contributed by atoms with Crippen LogP contribution in [0.15, 0.2) is 11.6 Å². The second kappa shape index (κ2) is 4.47. The number of aliphatic carboxylic acids is 1. The first-order chi connectivity index (χ1) is 7.02. The lowest BCUT2D eigenvalue weighted by atomic mass is 9.76. The topological polar surface area (TPSA) is 66.4 Å². The van der Waals surface area contributed by atoms with Gasteiger partial charge in [0.05, 0.1) is 0 Å². The van der Waals surface area contributed by atoms with Crippen LogP contribution in [0.1, 0.15) is 39.5 Å². The largest absolute Gasteiger partial charge is 0.480 e. The molecule has 0 heterocycles. The van der Waals surface area contributed by atoms with Crippen molar-refractivity contribution in [3.63, 3.8) is 0 Å². The molecule has 4 nitrogen and oxygen atoms in total. The number of nitrogens with one attached hydrogen (secondary N) is 1. The predicted molar refractivity (Wildman–Crippen MR) is 56.4 cm³/mol. The molecule has 1 rings (SSSR count). The molecule has 0 aromatic heterocycles. The number of amides is 1. The molecule has 0 aliphatic heterocycles. The quantitative estimate of drug-likeness (QED) is 0.692. The van der Waals surface area contributed by atoms with Gasteiger partial charge >= 0.3 is 5.97 Å². The Morgan fingerprint density at radius 2 is 2.07 bits per heavy atom. The molecule has 1 saturated carbocycles. The average molecular weight is 211 g/mol. The van der Waals surface area contributed by atoms with E-state index in [1.54, 1.807) is 13.0 Å². The molecule has 0 radical (unpaired) electrons. The van der Waals surface area contributed by atoms with E-state index in [2.05, 4.69) is 5.32 Å². The van der Waals surface area contributed by atoms with Gasteiger partial charge in [-0.15, -0.1) is 0 Å². The second-order valence-corrected chi connectivity index (χ2v) is 3.99. The summed E-state index contributed by atoms with van der Waals surface area (Å²) in [4.78, 5) is 22.6. The molecule has 1 aliphatic rings. The molecule has 0 bridgehead atoms. The van der Waals surface area contributed by atoms with E-state index in [9.17, 15) is 9.59 Å². The number of carboxylic acid groups (broad SMARTS) is 1. The predicted octanol–water partition coefficient (Wildman–Crippen LogP) is 1.47. The molecule has 4 heteroatoms. The first-order valence-corrected chi connectivity index (χ1v) is 5.24. The maximum Gasteiger partial charge on any atom is 0.329 e. The zero-order valence-electron chi connectivity index (χ0n) is 9.17. The van der Waals surface area contributed by atoms with Crippen LogP contribution in [-0.2, 0) is 9.59 Å². The minimum absolute atomic E-state index is 0.265. The highest BCUT2D eigenvalue weighted by atomic mass is 16.4. The molecule has 1 amide bonds. The van der Waals surface area contributed by atoms with E-state index in [0.29, 0.717) is 18.4 Å². The van der Waals surface area contributed by atoms with Gasteiger partial charge in [-0.1, -0.05) is 13.0 Å². The number of allylic oxidation sites excluding steroid dienone is 1.